The third-order valence-corrected chi connectivity index (χ3v) is 4.76. The highest BCUT2D eigenvalue weighted by Gasteiger charge is 2.30. The zero-order valence-electron chi connectivity index (χ0n) is 12.5. The Morgan fingerprint density at radius 1 is 1.55 bits per heavy atom. The number of hydrogen-bond acceptors (Lipinski definition) is 3. The lowest BCUT2D eigenvalue weighted by atomic mass is 9.84. The van der Waals surface area contributed by atoms with Crippen LogP contribution in [0.5, 0.6) is 0 Å². The maximum Gasteiger partial charge on any atom is 0.263 e. The molecule has 0 aliphatic carbocycles. The Bertz CT molecular complexity index is 563. The first-order valence-electron chi connectivity index (χ1n) is 7.01. The lowest BCUT2D eigenvalue weighted by Crippen LogP contribution is -2.43. The van der Waals surface area contributed by atoms with E-state index in [1.54, 1.807) is 0 Å². The first-order chi connectivity index (χ1) is 9.43. The van der Waals surface area contributed by atoms with E-state index >= 15 is 0 Å². The number of amides is 1. The van der Waals surface area contributed by atoms with Gasteiger partial charge in [0.1, 0.15) is 0 Å². The summed E-state index contributed by atoms with van der Waals surface area (Å²) in [6.07, 6.45) is 2.27. The summed E-state index contributed by atoms with van der Waals surface area (Å²) in [7, 11) is 0. The third-order valence-electron chi connectivity index (χ3n) is 3.62. The second-order valence-electron chi connectivity index (χ2n) is 6.12. The van der Waals surface area contributed by atoms with E-state index in [-0.39, 0.29) is 11.3 Å². The van der Waals surface area contributed by atoms with Crippen molar-refractivity contribution in [1.82, 2.24) is 4.90 Å². The average molecular weight is 290 g/mol. The zero-order chi connectivity index (χ0) is 14.8. The molecule has 0 atom stereocenters. The van der Waals surface area contributed by atoms with Crippen LogP contribution in [-0.4, -0.2) is 30.4 Å². The van der Waals surface area contributed by atoms with Gasteiger partial charge in [-0.3, -0.25) is 4.79 Å². The minimum absolute atomic E-state index is 0.145. The van der Waals surface area contributed by atoms with Crippen LogP contribution in [0, 0.1) is 24.2 Å². The summed E-state index contributed by atoms with van der Waals surface area (Å²) in [6, 6.07) is 1.95. The lowest BCUT2D eigenvalue weighted by Gasteiger charge is -2.37. The molecule has 20 heavy (non-hydrogen) atoms. The normalized spacial score (nSPS) is 17.5. The van der Waals surface area contributed by atoms with Crippen LogP contribution in [0.4, 0.5) is 0 Å². The highest BCUT2D eigenvalue weighted by molar-refractivity contribution is 7.14. The Kier molecular flexibility index (Phi) is 4.52. The molecule has 2 rings (SSSR count). The van der Waals surface area contributed by atoms with Crippen LogP contribution in [0.1, 0.15) is 46.8 Å². The van der Waals surface area contributed by atoms with Crippen LogP contribution in [0.15, 0.2) is 6.07 Å². The van der Waals surface area contributed by atoms with Gasteiger partial charge in [-0.2, -0.15) is 0 Å². The van der Waals surface area contributed by atoms with Crippen LogP contribution in [-0.2, 0) is 0 Å². The predicted octanol–water partition coefficient (Wildman–Crippen LogP) is 2.63. The molecule has 1 aromatic heterocycles. The summed E-state index contributed by atoms with van der Waals surface area (Å²) in [5.74, 6) is 6.04. The van der Waals surface area contributed by atoms with E-state index in [1.165, 1.54) is 17.8 Å². The van der Waals surface area contributed by atoms with Crippen molar-refractivity contribution in [3.05, 3.63) is 21.4 Å². The second kappa shape index (κ2) is 5.99. The molecule has 4 heteroatoms. The van der Waals surface area contributed by atoms with E-state index in [0.29, 0.717) is 6.54 Å². The first kappa shape index (κ1) is 15.1. The first-order valence-corrected chi connectivity index (χ1v) is 7.83. The molecule has 2 N–H and O–H groups in total. The molecule has 0 bridgehead atoms. The van der Waals surface area contributed by atoms with Gasteiger partial charge in [0.2, 0.25) is 0 Å². The van der Waals surface area contributed by atoms with E-state index in [1.807, 2.05) is 17.9 Å². The molecule has 108 valence electrons. The lowest BCUT2D eigenvalue weighted by molar-refractivity contribution is 0.0588. The molecule has 3 nitrogen and oxygen atoms in total. The maximum atomic E-state index is 12.6. The summed E-state index contributed by atoms with van der Waals surface area (Å²) in [5, 5.41) is 0. The fourth-order valence-electron chi connectivity index (χ4n) is 2.60. The molecule has 0 radical (unpaired) electrons. The summed E-state index contributed by atoms with van der Waals surface area (Å²) in [6.45, 7) is 8.50. The molecule has 1 aliphatic rings. The van der Waals surface area contributed by atoms with Crippen molar-refractivity contribution >= 4 is 17.2 Å². The molecule has 2 heterocycles. The minimum Gasteiger partial charge on any atom is -0.337 e. The number of nitrogens with zero attached hydrogens (tertiary/aromatic N) is 1. The van der Waals surface area contributed by atoms with Gasteiger partial charge in [-0.15, -0.1) is 11.3 Å². The van der Waals surface area contributed by atoms with Crippen molar-refractivity contribution in [2.75, 3.05) is 19.6 Å². The predicted molar refractivity (Wildman–Crippen MR) is 83.9 cm³/mol. The van der Waals surface area contributed by atoms with E-state index in [4.69, 9.17) is 5.73 Å². The van der Waals surface area contributed by atoms with Crippen molar-refractivity contribution in [2.45, 2.75) is 33.6 Å². The minimum atomic E-state index is 0.145. The Balaban J connectivity index is 2.17. The number of carbonyl (C=O) groups is 1. The number of likely N-dealkylation sites (tertiary alicyclic amines) is 1. The van der Waals surface area contributed by atoms with Gasteiger partial charge in [-0.1, -0.05) is 25.7 Å². The Labute approximate surface area is 125 Å². The van der Waals surface area contributed by atoms with Gasteiger partial charge in [-0.25, -0.2) is 0 Å². The number of aryl methyl sites for hydroxylation is 1. The van der Waals surface area contributed by atoms with Crippen molar-refractivity contribution in [2.24, 2.45) is 11.1 Å². The standard InChI is InChI=1S/C16H22N2OS/c1-12-10-14(20-13(12)6-4-8-17)15(19)18-9-5-7-16(2,3)11-18/h10H,5,7-9,11,17H2,1-3H3. The summed E-state index contributed by atoms with van der Waals surface area (Å²) < 4.78 is 0. The summed E-state index contributed by atoms with van der Waals surface area (Å²) in [5.41, 5.74) is 6.69. The van der Waals surface area contributed by atoms with Crippen LogP contribution in [0.25, 0.3) is 0 Å². The molecule has 0 unspecified atom stereocenters. The third kappa shape index (κ3) is 3.41. The summed E-state index contributed by atoms with van der Waals surface area (Å²) in [4.78, 5) is 16.3. The van der Waals surface area contributed by atoms with E-state index in [2.05, 4.69) is 25.7 Å². The summed E-state index contributed by atoms with van der Waals surface area (Å²) >= 11 is 1.48. The molecule has 0 spiro atoms. The van der Waals surface area contributed by atoms with Crippen molar-refractivity contribution in [3.8, 4) is 11.8 Å². The highest BCUT2D eigenvalue weighted by Crippen LogP contribution is 2.30. The zero-order valence-corrected chi connectivity index (χ0v) is 13.3. The largest absolute Gasteiger partial charge is 0.337 e. The fourth-order valence-corrected chi connectivity index (χ4v) is 3.61. The average Bonchev–Trinajstić information content (AvgIpc) is 2.75. The molecule has 0 aromatic carbocycles. The molecule has 0 saturated carbocycles. The van der Waals surface area contributed by atoms with Gasteiger partial charge >= 0.3 is 0 Å². The topological polar surface area (TPSA) is 46.3 Å². The van der Waals surface area contributed by atoms with Crippen LogP contribution < -0.4 is 5.73 Å². The van der Waals surface area contributed by atoms with Crippen molar-refractivity contribution in [1.29, 1.82) is 0 Å². The quantitative estimate of drug-likeness (QED) is 0.808. The number of rotatable bonds is 1. The molecular formula is C16H22N2OS. The number of thiophene rings is 1. The van der Waals surface area contributed by atoms with Gasteiger partial charge in [0.15, 0.2) is 0 Å². The molecule has 1 aliphatic heterocycles. The van der Waals surface area contributed by atoms with Gasteiger partial charge in [-0.05, 0) is 36.8 Å². The van der Waals surface area contributed by atoms with Crippen LogP contribution in [0.3, 0.4) is 0 Å². The maximum absolute atomic E-state index is 12.6. The number of carbonyl (C=O) groups excluding carboxylic acids is 1. The van der Waals surface area contributed by atoms with Gasteiger partial charge < -0.3 is 10.6 Å². The molecular weight excluding hydrogens is 268 g/mol. The second-order valence-corrected chi connectivity index (χ2v) is 7.18. The molecule has 1 amide bonds. The van der Waals surface area contributed by atoms with Gasteiger partial charge in [0.25, 0.3) is 5.91 Å². The van der Waals surface area contributed by atoms with E-state index in [9.17, 15) is 4.79 Å². The van der Waals surface area contributed by atoms with E-state index < -0.39 is 0 Å². The molecule has 1 aromatic rings. The Morgan fingerprint density at radius 2 is 2.30 bits per heavy atom. The number of piperidine rings is 1. The van der Waals surface area contributed by atoms with Crippen LogP contribution in [0.2, 0.25) is 0 Å². The SMILES string of the molecule is Cc1cc(C(=O)N2CCCC(C)(C)C2)sc1C#CCN. The number of hydrogen-bond donors (Lipinski definition) is 1. The highest BCUT2D eigenvalue weighted by atomic mass is 32.1. The monoisotopic (exact) mass is 290 g/mol. The molecule has 1 saturated heterocycles. The van der Waals surface area contributed by atoms with Gasteiger partial charge in [0.05, 0.1) is 16.3 Å². The fraction of sp³-hybridized carbons (Fsp3) is 0.562. The Hall–Kier alpha value is -1.31. The smallest absolute Gasteiger partial charge is 0.263 e. The van der Waals surface area contributed by atoms with Crippen molar-refractivity contribution in [3.63, 3.8) is 0 Å². The van der Waals surface area contributed by atoms with Crippen molar-refractivity contribution < 1.29 is 4.79 Å². The van der Waals surface area contributed by atoms with E-state index in [0.717, 1.165) is 34.8 Å². The molecule has 1 fully saturated rings. The number of nitrogens with two attached hydrogens (primary N) is 1. The van der Waals surface area contributed by atoms with Crippen LogP contribution >= 0.6 is 11.3 Å². The van der Waals surface area contributed by atoms with Gasteiger partial charge in [0, 0.05) is 13.1 Å². The Morgan fingerprint density at radius 3 is 2.95 bits per heavy atom.